The maximum atomic E-state index is 12.2. The van der Waals surface area contributed by atoms with E-state index in [4.69, 9.17) is 4.74 Å². The number of carbonyl (C=O) groups excluding carboxylic acids is 2. The Balaban J connectivity index is 1.79. The van der Waals surface area contributed by atoms with E-state index in [-0.39, 0.29) is 5.91 Å². The van der Waals surface area contributed by atoms with E-state index in [0.717, 1.165) is 5.69 Å². The number of ether oxygens (including phenoxy) is 1. The number of aryl methyl sites for hydroxylation is 1. The quantitative estimate of drug-likeness (QED) is 0.768. The number of hydrogen-bond donors (Lipinski definition) is 1. The first kappa shape index (κ1) is 12.3. The van der Waals surface area contributed by atoms with E-state index in [9.17, 15) is 14.7 Å². The topological polar surface area (TPSA) is 91.4 Å². The molecule has 0 unspecified atom stereocenters. The highest BCUT2D eigenvalue weighted by Crippen LogP contribution is 2.39. The van der Waals surface area contributed by atoms with Gasteiger partial charge in [0.25, 0.3) is 0 Å². The Kier molecular flexibility index (Phi) is 2.87. The van der Waals surface area contributed by atoms with Gasteiger partial charge in [0, 0.05) is 17.3 Å². The van der Waals surface area contributed by atoms with Crippen molar-refractivity contribution in [1.82, 2.24) is 4.98 Å². The number of aromatic nitrogens is 1. The van der Waals surface area contributed by atoms with Crippen LogP contribution in [0.1, 0.15) is 5.69 Å². The molecular formula is C12H11N2O4S-. The Morgan fingerprint density at radius 1 is 1.37 bits per heavy atom. The molecule has 3 heterocycles. The first-order chi connectivity index (χ1) is 9.06. The molecule has 3 rings (SSSR count). The second kappa shape index (κ2) is 4.43. The van der Waals surface area contributed by atoms with E-state index in [2.05, 4.69) is 10.3 Å². The van der Waals surface area contributed by atoms with Crippen LogP contribution >= 0.6 is 11.3 Å². The summed E-state index contributed by atoms with van der Waals surface area (Å²) >= 11 is 1.30. The Bertz CT molecular complexity index is 568. The molecule has 1 fully saturated rings. The highest BCUT2D eigenvalue weighted by molar-refractivity contribution is 7.13. The van der Waals surface area contributed by atoms with Gasteiger partial charge in [0.1, 0.15) is 0 Å². The summed E-state index contributed by atoms with van der Waals surface area (Å²) in [5.41, 5.74) is 0.806. The molecule has 4 atom stereocenters. The summed E-state index contributed by atoms with van der Waals surface area (Å²) in [5, 5.41) is 16.1. The van der Waals surface area contributed by atoms with E-state index in [1.807, 2.05) is 12.3 Å². The predicted molar refractivity (Wildman–Crippen MR) is 65.3 cm³/mol. The zero-order valence-electron chi connectivity index (χ0n) is 10.0. The predicted octanol–water partition coefficient (Wildman–Crippen LogP) is -0.290. The number of hydrogen-bond acceptors (Lipinski definition) is 6. The van der Waals surface area contributed by atoms with Crippen molar-refractivity contribution >= 4 is 28.3 Å². The highest BCUT2D eigenvalue weighted by Gasteiger charge is 2.50. The number of aliphatic carboxylic acids is 1. The average molecular weight is 279 g/mol. The molecule has 19 heavy (non-hydrogen) atoms. The molecule has 0 saturated carbocycles. The molecule has 2 bridgehead atoms. The van der Waals surface area contributed by atoms with Crippen molar-refractivity contribution in [2.24, 2.45) is 11.8 Å². The molecule has 0 spiro atoms. The van der Waals surface area contributed by atoms with Gasteiger partial charge in [-0.15, -0.1) is 11.3 Å². The summed E-state index contributed by atoms with van der Waals surface area (Å²) in [6, 6.07) is 0. The van der Waals surface area contributed by atoms with Crippen LogP contribution in [0.2, 0.25) is 0 Å². The third kappa shape index (κ3) is 2.04. The van der Waals surface area contributed by atoms with Gasteiger partial charge in [-0.05, 0) is 6.92 Å². The standard InChI is InChI=1S/C12H12N2O4S/c1-5-4-19-12(13-5)14-10(15)8-6-2-3-7(18-6)9(8)11(16)17/h2-4,6-9H,1H3,(H,16,17)(H,13,14,15)/p-1/t6-,7+,8+,9-/m0/s1. The molecule has 1 aromatic rings. The maximum absolute atomic E-state index is 12.2. The lowest BCUT2D eigenvalue weighted by molar-refractivity contribution is -0.313. The monoisotopic (exact) mass is 279 g/mol. The number of fused-ring (bicyclic) bond motifs is 2. The zero-order valence-corrected chi connectivity index (χ0v) is 10.8. The first-order valence-corrected chi connectivity index (χ1v) is 6.72. The molecule has 100 valence electrons. The molecule has 0 aromatic carbocycles. The van der Waals surface area contributed by atoms with Gasteiger partial charge >= 0.3 is 0 Å². The van der Waals surface area contributed by atoms with Gasteiger partial charge in [-0.2, -0.15) is 0 Å². The fourth-order valence-corrected chi connectivity index (χ4v) is 3.19. The van der Waals surface area contributed by atoms with Crippen molar-refractivity contribution in [2.75, 3.05) is 5.32 Å². The second-order valence-corrected chi connectivity index (χ2v) is 5.46. The molecule has 7 heteroatoms. The fraction of sp³-hybridized carbons (Fsp3) is 0.417. The van der Waals surface area contributed by atoms with E-state index in [1.165, 1.54) is 11.3 Å². The summed E-state index contributed by atoms with van der Waals surface area (Å²) in [4.78, 5) is 27.4. The van der Waals surface area contributed by atoms with Crippen LogP contribution in [0.5, 0.6) is 0 Å². The number of anilines is 1. The van der Waals surface area contributed by atoms with Crippen molar-refractivity contribution in [3.63, 3.8) is 0 Å². The van der Waals surface area contributed by atoms with E-state index in [1.54, 1.807) is 12.2 Å². The lowest BCUT2D eigenvalue weighted by Crippen LogP contribution is -2.45. The molecule has 2 aliphatic rings. The van der Waals surface area contributed by atoms with Crippen LogP contribution in [-0.2, 0) is 14.3 Å². The average Bonchev–Trinajstić information content (AvgIpc) is 3.03. The van der Waals surface area contributed by atoms with Gasteiger partial charge in [0.05, 0.1) is 23.8 Å². The lowest BCUT2D eigenvalue weighted by Gasteiger charge is -2.24. The molecule has 1 N–H and O–H groups in total. The minimum absolute atomic E-state index is 0.389. The molecular weight excluding hydrogens is 268 g/mol. The molecule has 1 aromatic heterocycles. The molecule has 0 radical (unpaired) electrons. The van der Waals surface area contributed by atoms with Crippen LogP contribution in [0.15, 0.2) is 17.5 Å². The SMILES string of the molecule is Cc1csc(NC(=O)[C@H]2[C@@H](C(=O)[O-])[C@H]3C=C[C@@H]2O3)n1. The van der Waals surface area contributed by atoms with Crippen molar-refractivity contribution < 1.29 is 19.4 Å². The molecule has 0 aliphatic carbocycles. The Morgan fingerprint density at radius 2 is 2.05 bits per heavy atom. The van der Waals surface area contributed by atoms with E-state index in [0.29, 0.717) is 5.13 Å². The van der Waals surface area contributed by atoms with Gasteiger partial charge < -0.3 is 20.0 Å². The van der Waals surface area contributed by atoms with Gasteiger partial charge in [-0.3, -0.25) is 4.79 Å². The number of carbonyl (C=O) groups is 2. The van der Waals surface area contributed by atoms with Crippen LogP contribution < -0.4 is 10.4 Å². The van der Waals surface area contributed by atoms with Crippen LogP contribution in [0.4, 0.5) is 5.13 Å². The molecule has 1 amide bonds. The van der Waals surface area contributed by atoms with Crippen molar-refractivity contribution in [1.29, 1.82) is 0 Å². The van der Waals surface area contributed by atoms with Gasteiger partial charge in [-0.25, -0.2) is 4.98 Å². The first-order valence-electron chi connectivity index (χ1n) is 5.84. The summed E-state index contributed by atoms with van der Waals surface area (Å²) in [5.74, 6) is -3.34. The van der Waals surface area contributed by atoms with Crippen molar-refractivity contribution in [3.05, 3.63) is 23.2 Å². The largest absolute Gasteiger partial charge is 0.550 e. The van der Waals surface area contributed by atoms with Crippen LogP contribution in [-0.4, -0.2) is 29.1 Å². The minimum Gasteiger partial charge on any atom is -0.550 e. The third-order valence-corrected chi connectivity index (χ3v) is 4.20. The van der Waals surface area contributed by atoms with Crippen LogP contribution in [0.25, 0.3) is 0 Å². The number of carboxylic acids is 1. The summed E-state index contributed by atoms with van der Waals surface area (Å²) < 4.78 is 5.41. The van der Waals surface area contributed by atoms with Gasteiger partial charge in [0.15, 0.2) is 5.13 Å². The van der Waals surface area contributed by atoms with Crippen molar-refractivity contribution in [3.8, 4) is 0 Å². The summed E-state index contributed by atoms with van der Waals surface area (Å²) in [6.45, 7) is 1.82. The smallest absolute Gasteiger partial charge is 0.233 e. The number of carboxylic acid groups (broad SMARTS) is 1. The maximum Gasteiger partial charge on any atom is 0.233 e. The number of nitrogens with zero attached hydrogens (tertiary/aromatic N) is 1. The van der Waals surface area contributed by atoms with E-state index >= 15 is 0 Å². The normalized spacial score (nSPS) is 31.6. The third-order valence-electron chi connectivity index (χ3n) is 3.32. The van der Waals surface area contributed by atoms with E-state index < -0.39 is 30.0 Å². The van der Waals surface area contributed by atoms with Gasteiger partial charge in [0.2, 0.25) is 5.91 Å². The second-order valence-electron chi connectivity index (χ2n) is 4.60. The molecule has 2 aliphatic heterocycles. The summed E-state index contributed by atoms with van der Waals surface area (Å²) in [7, 11) is 0. The molecule has 6 nitrogen and oxygen atoms in total. The number of amides is 1. The molecule has 1 saturated heterocycles. The van der Waals surface area contributed by atoms with Crippen molar-refractivity contribution in [2.45, 2.75) is 19.1 Å². The van der Waals surface area contributed by atoms with Gasteiger partial charge in [-0.1, -0.05) is 12.2 Å². The Labute approximate surface area is 113 Å². The minimum atomic E-state index is -1.26. The van der Waals surface area contributed by atoms with Crippen LogP contribution in [0.3, 0.4) is 0 Å². The zero-order chi connectivity index (χ0) is 13.6. The van der Waals surface area contributed by atoms with Crippen LogP contribution in [0, 0.1) is 18.8 Å². The summed E-state index contributed by atoms with van der Waals surface area (Å²) in [6.07, 6.45) is 2.34. The lowest BCUT2D eigenvalue weighted by atomic mass is 9.82. The number of nitrogens with one attached hydrogen (secondary N) is 1. The Hall–Kier alpha value is -1.73. The number of rotatable bonds is 3. The Morgan fingerprint density at radius 3 is 2.63 bits per heavy atom. The number of thiazole rings is 1. The highest BCUT2D eigenvalue weighted by atomic mass is 32.1. The fourth-order valence-electron chi connectivity index (χ4n) is 2.50.